The van der Waals surface area contributed by atoms with Crippen molar-refractivity contribution in [2.24, 2.45) is 5.92 Å². The molecule has 2 rings (SSSR count). The summed E-state index contributed by atoms with van der Waals surface area (Å²) in [6, 6.07) is 10.4. The summed E-state index contributed by atoms with van der Waals surface area (Å²) in [6.45, 7) is 3.26. The van der Waals surface area contributed by atoms with Crippen LogP contribution in [0.1, 0.15) is 38.2 Å². The fourth-order valence-electron chi connectivity index (χ4n) is 3.02. The predicted octanol–water partition coefficient (Wildman–Crippen LogP) is 2.19. The number of benzene rings is 1. The molecule has 1 heterocycles. The van der Waals surface area contributed by atoms with Crippen molar-refractivity contribution in [3.05, 3.63) is 35.9 Å². The lowest BCUT2D eigenvalue weighted by Gasteiger charge is -2.32. The fourth-order valence-corrected chi connectivity index (χ4v) is 4.18. The number of nitrogens with zero attached hydrogens (tertiary/aromatic N) is 1. The maximum absolute atomic E-state index is 12.2. The second kappa shape index (κ2) is 9.18. The van der Waals surface area contributed by atoms with Gasteiger partial charge in [0.05, 0.1) is 12.3 Å². The number of likely N-dealkylation sites (tertiary alicyclic amines) is 1. The normalized spacial score (nSPS) is 16.3. The SMILES string of the molecule is CCCCS(=O)(=O)NCC(=O)N1CCC(Cc2ccccc2)CC1. The van der Waals surface area contributed by atoms with Crippen LogP contribution in [0.5, 0.6) is 0 Å². The third-order valence-electron chi connectivity index (χ3n) is 4.54. The van der Waals surface area contributed by atoms with Gasteiger partial charge >= 0.3 is 0 Å². The summed E-state index contributed by atoms with van der Waals surface area (Å²) in [5.41, 5.74) is 1.34. The zero-order valence-electron chi connectivity index (χ0n) is 14.4. The van der Waals surface area contributed by atoms with Crippen molar-refractivity contribution in [3.63, 3.8) is 0 Å². The molecule has 1 fully saturated rings. The molecule has 0 radical (unpaired) electrons. The third-order valence-corrected chi connectivity index (χ3v) is 5.95. The Bertz CT molecular complexity index is 608. The molecule has 0 aliphatic carbocycles. The molecule has 1 amide bonds. The Morgan fingerprint density at radius 1 is 1.21 bits per heavy atom. The van der Waals surface area contributed by atoms with Crippen molar-refractivity contribution in [1.29, 1.82) is 0 Å². The Kier molecular flexibility index (Phi) is 7.24. The fraction of sp³-hybridized carbons (Fsp3) is 0.611. The minimum absolute atomic E-state index is 0.0932. The number of nitrogens with one attached hydrogen (secondary N) is 1. The molecule has 0 atom stereocenters. The molecule has 0 bridgehead atoms. The van der Waals surface area contributed by atoms with E-state index < -0.39 is 10.0 Å². The second-order valence-corrected chi connectivity index (χ2v) is 8.43. The van der Waals surface area contributed by atoms with Crippen LogP contribution in [0.4, 0.5) is 0 Å². The second-order valence-electron chi connectivity index (χ2n) is 6.51. The molecule has 1 N–H and O–H groups in total. The Morgan fingerprint density at radius 2 is 1.88 bits per heavy atom. The molecule has 0 aromatic heterocycles. The van der Waals surface area contributed by atoms with Gasteiger partial charge < -0.3 is 4.90 Å². The van der Waals surface area contributed by atoms with Crippen LogP contribution < -0.4 is 4.72 Å². The lowest BCUT2D eigenvalue weighted by Crippen LogP contribution is -2.44. The quantitative estimate of drug-likeness (QED) is 0.780. The standard InChI is InChI=1S/C18H28N2O3S/c1-2-3-13-24(22,23)19-15-18(21)20-11-9-17(10-12-20)14-16-7-5-4-6-8-16/h4-8,17,19H,2-3,9-15H2,1H3. The van der Waals surface area contributed by atoms with Crippen molar-refractivity contribution in [2.45, 2.75) is 39.0 Å². The van der Waals surface area contributed by atoms with Gasteiger partial charge in [-0.3, -0.25) is 4.79 Å². The van der Waals surface area contributed by atoms with E-state index in [1.807, 2.05) is 13.0 Å². The van der Waals surface area contributed by atoms with E-state index in [4.69, 9.17) is 0 Å². The Hall–Kier alpha value is -1.40. The maximum atomic E-state index is 12.2. The van der Waals surface area contributed by atoms with Gasteiger partial charge in [0.2, 0.25) is 15.9 Å². The lowest BCUT2D eigenvalue weighted by molar-refractivity contribution is -0.131. The highest BCUT2D eigenvalue weighted by Gasteiger charge is 2.23. The van der Waals surface area contributed by atoms with Gasteiger partial charge in [0.15, 0.2) is 0 Å². The van der Waals surface area contributed by atoms with E-state index in [1.165, 1.54) is 5.56 Å². The highest BCUT2D eigenvalue weighted by atomic mass is 32.2. The first kappa shape index (κ1) is 18.9. The van der Waals surface area contributed by atoms with E-state index in [2.05, 4.69) is 29.0 Å². The monoisotopic (exact) mass is 352 g/mol. The zero-order chi connectivity index (χ0) is 17.4. The molecule has 1 aromatic rings. The van der Waals surface area contributed by atoms with Crippen molar-refractivity contribution in [2.75, 3.05) is 25.4 Å². The van der Waals surface area contributed by atoms with Crippen molar-refractivity contribution < 1.29 is 13.2 Å². The summed E-state index contributed by atoms with van der Waals surface area (Å²) in [4.78, 5) is 14.0. The molecular formula is C18H28N2O3S. The van der Waals surface area contributed by atoms with E-state index in [9.17, 15) is 13.2 Å². The molecule has 5 nitrogen and oxygen atoms in total. The zero-order valence-corrected chi connectivity index (χ0v) is 15.2. The Labute approximate surface area is 145 Å². The van der Waals surface area contributed by atoms with Gasteiger partial charge in [-0.25, -0.2) is 13.1 Å². The van der Waals surface area contributed by atoms with Gasteiger partial charge in [-0.2, -0.15) is 0 Å². The van der Waals surface area contributed by atoms with Crippen LogP contribution in [-0.4, -0.2) is 44.6 Å². The summed E-state index contributed by atoms with van der Waals surface area (Å²) >= 11 is 0. The molecule has 6 heteroatoms. The summed E-state index contributed by atoms with van der Waals surface area (Å²) in [7, 11) is -3.33. The average molecular weight is 353 g/mol. The Morgan fingerprint density at radius 3 is 2.50 bits per heavy atom. The minimum atomic E-state index is -3.33. The van der Waals surface area contributed by atoms with Crippen molar-refractivity contribution >= 4 is 15.9 Å². The highest BCUT2D eigenvalue weighted by molar-refractivity contribution is 7.89. The van der Waals surface area contributed by atoms with Gasteiger partial charge in [-0.15, -0.1) is 0 Å². The van der Waals surface area contributed by atoms with Crippen LogP contribution in [0, 0.1) is 5.92 Å². The predicted molar refractivity (Wildman–Crippen MR) is 96.1 cm³/mol. The molecule has 1 aromatic carbocycles. The third kappa shape index (κ3) is 6.24. The Balaban J connectivity index is 1.72. The van der Waals surface area contributed by atoms with Gasteiger partial charge in [0.25, 0.3) is 0 Å². The molecule has 0 saturated carbocycles. The van der Waals surface area contributed by atoms with Crippen LogP contribution >= 0.6 is 0 Å². The summed E-state index contributed by atoms with van der Waals surface area (Å²) in [5, 5.41) is 0. The van der Waals surface area contributed by atoms with E-state index in [0.29, 0.717) is 25.4 Å². The number of rotatable bonds is 8. The summed E-state index contributed by atoms with van der Waals surface area (Å²) in [6.07, 6.45) is 4.44. The van der Waals surface area contributed by atoms with Crippen LogP contribution in [0.15, 0.2) is 30.3 Å². The largest absolute Gasteiger partial charge is 0.342 e. The summed E-state index contributed by atoms with van der Waals surface area (Å²) < 4.78 is 25.9. The van der Waals surface area contributed by atoms with Gasteiger partial charge in [-0.1, -0.05) is 43.7 Å². The number of unbranched alkanes of at least 4 members (excludes halogenated alkanes) is 1. The maximum Gasteiger partial charge on any atom is 0.237 e. The van der Waals surface area contributed by atoms with Gasteiger partial charge in [0.1, 0.15) is 0 Å². The molecular weight excluding hydrogens is 324 g/mol. The first-order valence-corrected chi connectivity index (χ1v) is 10.4. The summed E-state index contributed by atoms with van der Waals surface area (Å²) in [5.74, 6) is 0.571. The van der Waals surface area contributed by atoms with E-state index in [-0.39, 0.29) is 18.2 Å². The topological polar surface area (TPSA) is 66.5 Å². The first-order chi connectivity index (χ1) is 11.5. The molecule has 1 saturated heterocycles. The first-order valence-electron chi connectivity index (χ1n) is 8.79. The van der Waals surface area contributed by atoms with E-state index in [0.717, 1.165) is 25.7 Å². The average Bonchev–Trinajstić information content (AvgIpc) is 2.60. The number of hydrogen-bond donors (Lipinski definition) is 1. The van der Waals surface area contributed by atoms with Crippen LogP contribution in [-0.2, 0) is 21.2 Å². The molecule has 0 unspecified atom stereocenters. The van der Waals surface area contributed by atoms with Crippen LogP contribution in [0.3, 0.4) is 0 Å². The number of carbonyl (C=O) groups excluding carboxylic acids is 1. The van der Waals surface area contributed by atoms with Gasteiger partial charge in [0, 0.05) is 13.1 Å². The number of hydrogen-bond acceptors (Lipinski definition) is 3. The minimum Gasteiger partial charge on any atom is -0.342 e. The molecule has 1 aliphatic rings. The number of carbonyl (C=O) groups is 1. The van der Waals surface area contributed by atoms with Crippen LogP contribution in [0.25, 0.3) is 0 Å². The van der Waals surface area contributed by atoms with Crippen molar-refractivity contribution in [1.82, 2.24) is 9.62 Å². The molecule has 24 heavy (non-hydrogen) atoms. The lowest BCUT2D eigenvalue weighted by atomic mass is 9.90. The molecule has 134 valence electrons. The van der Waals surface area contributed by atoms with E-state index >= 15 is 0 Å². The number of piperidine rings is 1. The highest BCUT2D eigenvalue weighted by Crippen LogP contribution is 2.21. The number of amides is 1. The van der Waals surface area contributed by atoms with E-state index in [1.54, 1.807) is 4.90 Å². The smallest absolute Gasteiger partial charge is 0.237 e. The van der Waals surface area contributed by atoms with Crippen LogP contribution in [0.2, 0.25) is 0 Å². The number of sulfonamides is 1. The van der Waals surface area contributed by atoms with Crippen molar-refractivity contribution in [3.8, 4) is 0 Å². The van der Waals surface area contributed by atoms with Gasteiger partial charge in [-0.05, 0) is 37.2 Å². The molecule has 0 spiro atoms. The molecule has 1 aliphatic heterocycles.